The van der Waals surface area contributed by atoms with Crippen LogP contribution in [0.4, 0.5) is 8.78 Å². The summed E-state index contributed by atoms with van der Waals surface area (Å²) in [4.78, 5) is 4.04. The first kappa shape index (κ1) is 15.7. The fourth-order valence-electron chi connectivity index (χ4n) is 1.71. The van der Waals surface area contributed by atoms with Gasteiger partial charge in [-0.1, -0.05) is 24.6 Å². The molecule has 0 unspecified atom stereocenters. The SMILES string of the molecule is CCCNCc1cnc(Oc2cccc(F)c2F)c(Cl)c1. The molecule has 1 heterocycles. The zero-order valence-corrected chi connectivity index (χ0v) is 12.3. The van der Waals surface area contributed by atoms with Crippen LogP contribution in [0.2, 0.25) is 5.02 Å². The molecule has 1 aromatic heterocycles. The number of nitrogens with one attached hydrogen (secondary N) is 1. The molecule has 0 saturated heterocycles. The van der Waals surface area contributed by atoms with Gasteiger partial charge in [-0.3, -0.25) is 0 Å². The Balaban J connectivity index is 2.12. The van der Waals surface area contributed by atoms with Crippen LogP contribution in [0.15, 0.2) is 30.5 Å². The minimum Gasteiger partial charge on any atom is -0.434 e. The normalized spacial score (nSPS) is 10.7. The Bertz CT molecular complexity index is 623. The van der Waals surface area contributed by atoms with Crippen molar-refractivity contribution in [1.29, 1.82) is 0 Å². The molecule has 0 aliphatic heterocycles. The Kier molecular flexibility index (Phi) is 5.47. The number of pyridine rings is 1. The minimum absolute atomic E-state index is 0.0420. The number of halogens is 3. The van der Waals surface area contributed by atoms with Gasteiger partial charge in [0.05, 0.1) is 0 Å². The molecule has 0 saturated carbocycles. The molecular weight excluding hydrogens is 298 g/mol. The van der Waals surface area contributed by atoms with Gasteiger partial charge in [0, 0.05) is 12.7 Å². The number of benzene rings is 1. The molecule has 0 bridgehead atoms. The summed E-state index contributed by atoms with van der Waals surface area (Å²) < 4.78 is 31.8. The van der Waals surface area contributed by atoms with E-state index < -0.39 is 11.6 Å². The van der Waals surface area contributed by atoms with Gasteiger partial charge in [-0.05, 0) is 36.7 Å². The molecule has 2 rings (SSSR count). The standard InChI is InChI=1S/C15H15ClF2N2O/c1-2-6-19-8-10-7-11(16)15(20-9-10)21-13-5-3-4-12(17)14(13)18/h3-5,7,9,19H,2,6,8H2,1H3. The highest BCUT2D eigenvalue weighted by Crippen LogP contribution is 2.30. The largest absolute Gasteiger partial charge is 0.434 e. The molecular formula is C15H15ClF2N2O. The lowest BCUT2D eigenvalue weighted by molar-refractivity contribution is 0.405. The molecule has 0 radical (unpaired) electrons. The van der Waals surface area contributed by atoms with Gasteiger partial charge in [0.25, 0.3) is 0 Å². The highest BCUT2D eigenvalue weighted by atomic mass is 35.5. The summed E-state index contributed by atoms with van der Waals surface area (Å²) >= 11 is 6.05. The van der Waals surface area contributed by atoms with Crippen molar-refractivity contribution in [2.75, 3.05) is 6.54 Å². The molecule has 112 valence electrons. The Labute approximate surface area is 126 Å². The average Bonchev–Trinajstić information content (AvgIpc) is 2.47. The van der Waals surface area contributed by atoms with E-state index in [9.17, 15) is 8.78 Å². The van der Waals surface area contributed by atoms with E-state index in [1.54, 1.807) is 12.3 Å². The summed E-state index contributed by atoms with van der Waals surface area (Å²) in [5.41, 5.74) is 0.889. The van der Waals surface area contributed by atoms with Crippen molar-refractivity contribution in [3.63, 3.8) is 0 Å². The number of ether oxygens (including phenoxy) is 1. The third-order valence-corrected chi connectivity index (χ3v) is 3.01. The minimum atomic E-state index is -1.07. The first-order valence-electron chi connectivity index (χ1n) is 6.58. The summed E-state index contributed by atoms with van der Waals surface area (Å²) in [5, 5.41) is 3.46. The monoisotopic (exact) mass is 312 g/mol. The third kappa shape index (κ3) is 4.12. The van der Waals surface area contributed by atoms with E-state index >= 15 is 0 Å². The molecule has 0 aliphatic carbocycles. The zero-order valence-electron chi connectivity index (χ0n) is 11.5. The number of hydrogen-bond donors (Lipinski definition) is 1. The number of aromatic nitrogens is 1. The number of hydrogen-bond acceptors (Lipinski definition) is 3. The maximum Gasteiger partial charge on any atom is 0.238 e. The topological polar surface area (TPSA) is 34.2 Å². The van der Waals surface area contributed by atoms with Crippen LogP contribution in [-0.2, 0) is 6.54 Å². The second kappa shape index (κ2) is 7.33. The Hall–Kier alpha value is -1.72. The van der Waals surface area contributed by atoms with E-state index in [4.69, 9.17) is 16.3 Å². The first-order valence-corrected chi connectivity index (χ1v) is 6.96. The number of rotatable bonds is 6. The van der Waals surface area contributed by atoms with E-state index in [1.165, 1.54) is 12.1 Å². The quantitative estimate of drug-likeness (QED) is 0.807. The fourth-order valence-corrected chi connectivity index (χ4v) is 1.94. The Morgan fingerprint density at radius 2 is 2.14 bits per heavy atom. The summed E-state index contributed by atoms with van der Waals surface area (Å²) in [5.74, 6) is -2.25. The third-order valence-electron chi connectivity index (χ3n) is 2.74. The zero-order chi connectivity index (χ0) is 15.2. The molecule has 0 amide bonds. The van der Waals surface area contributed by atoms with Crippen molar-refractivity contribution < 1.29 is 13.5 Å². The lowest BCUT2D eigenvalue weighted by Crippen LogP contribution is -2.13. The fraction of sp³-hybridized carbons (Fsp3) is 0.267. The van der Waals surface area contributed by atoms with Gasteiger partial charge in [-0.25, -0.2) is 9.37 Å². The smallest absolute Gasteiger partial charge is 0.238 e. The average molecular weight is 313 g/mol. The van der Waals surface area contributed by atoms with Gasteiger partial charge in [0.2, 0.25) is 11.7 Å². The van der Waals surface area contributed by atoms with Crippen LogP contribution in [0.25, 0.3) is 0 Å². The van der Waals surface area contributed by atoms with Gasteiger partial charge < -0.3 is 10.1 Å². The molecule has 0 fully saturated rings. The van der Waals surface area contributed by atoms with Crippen LogP contribution in [0.3, 0.4) is 0 Å². The van der Waals surface area contributed by atoms with Crippen LogP contribution >= 0.6 is 11.6 Å². The summed E-state index contributed by atoms with van der Waals surface area (Å²) in [7, 11) is 0. The van der Waals surface area contributed by atoms with Gasteiger partial charge in [-0.15, -0.1) is 0 Å². The lowest BCUT2D eigenvalue weighted by atomic mass is 10.3. The molecule has 3 nitrogen and oxygen atoms in total. The maximum atomic E-state index is 13.5. The Morgan fingerprint density at radius 1 is 1.33 bits per heavy atom. The maximum absolute atomic E-state index is 13.5. The van der Waals surface area contributed by atoms with Crippen molar-refractivity contribution in [3.05, 3.63) is 52.7 Å². The predicted octanol–water partition coefficient (Wildman–Crippen LogP) is 4.31. The van der Waals surface area contributed by atoms with Crippen LogP contribution < -0.4 is 10.1 Å². The van der Waals surface area contributed by atoms with Crippen molar-refractivity contribution in [2.24, 2.45) is 0 Å². The molecule has 21 heavy (non-hydrogen) atoms. The predicted molar refractivity (Wildman–Crippen MR) is 77.7 cm³/mol. The summed E-state index contributed by atoms with van der Waals surface area (Å²) in [6.45, 7) is 3.60. The van der Waals surface area contributed by atoms with Crippen molar-refractivity contribution in [1.82, 2.24) is 10.3 Å². The second-order valence-corrected chi connectivity index (χ2v) is 4.87. The van der Waals surface area contributed by atoms with Gasteiger partial charge in [0.1, 0.15) is 5.02 Å². The van der Waals surface area contributed by atoms with Crippen LogP contribution in [0.1, 0.15) is 18.9 Å². The highest BCUT2D eigenvalue weighted by molar-refractivity contribution is 6.31. The molecule has 0 aliphatic rings. The first-order chi connectivity index (χ1) is 10.1. The molecule has 0 spiro atoms. The van der Waals surface area contributed by atoms with E-state index in [-0.39, 0.29) is 16.7 Å². The van der Waals surface area contributed by atoms with Crippen molar-refractivity contribution in [2.45, 2.75) is 19.9 Å². The van der Waals surface area contributed by atoms with Crippen LogP contribution in [-0.4, -0.2) is 11.5 Å². The van der Waals surface area contributed by atoms with E-state index in [0.717, 1.165) is 24.6 Å². The van der Waals surface area contributed by atoms with Crippen molar-refractivity contribution >= 4 is 11.6 Å². The van der Waals surface area contributed by atoms with Crippen LogP contribution in [0.5, 0.6) is 11.6 Å². The van der Waals surface area contributed by atoms with E-state index in [2.05, 4.69) is 17.2 Å². The van der Waals surface area contributed by atoms with Crippen LogP contribution in [0, 0.1) is 11.6 Å². The molecule has 2 aromatic rings. The van der Waals surface area contributed by atoms with E-state index in [1.807, 2.05) is 0 Å². The molecule has 1 N–H and O–H groups in total. The highest BCUT2D eigenvalue weighted by Gasteiger charge is 2.12. The van der Waals surface area contributed by atoms with Gasteiger partial charge in [-0.2, -0.15) is 4.39 Å². The molecule has 1 aromatic carbocycles. The summed E-state index contributed by atoms with van der Waals surface area (Å²) in [6.07, 6.45) is 2.61. The lowest BCUT2D eigenvalue weighted by Gasteiger charge is -2.09. The molecule has 0 atom stereocenters. The molecule has 6 heteroatoms. The van der Waals surface area contributed by atoms with Gasteiger partial charge >= 0.3 is 0 Å². The van der Waals surface area contributed by atoms with Crippen molar-refractivity contribution in [3.8, 4) is 11.6 Å². The van der Waals surface area contributed by atoms with Gasteiger partial charge in [0.15, 0.2) is 11.6 Å². The number of nitrogens with zero attached hydrogens (tertiary/aromatic N) is 1. The van der Waals surface area contributed by atoms with E-state index in [0.29, 0.717) is 6.54 Å². The Morgan fingerprint density at radius 3 is 2.86 bits per heavy atom. The summed E-state index contributed by atoms with van der Waals surface area (Å²) in [6, 6.07) is 5.36. The second-order valence-electron chi connectivity index (χ2n) is 4.46.